The quantitative estimate of drug-likeness (QED) is 0.817. The molecule has 72 valence electrons. The number of hydrogen-bond donors (Lipinski definition) is 2. The first-order chi connectivity index (χ1) is 6.00. The molecule has 0 aromatic heterocycles. The van der Waals surface area contributed by atoms with Crippen LogP contribution in [0.15, 0.2) is 18.2 Å². The Morgan fingerprint density at radius 2 is 2.08 bits per heavy atom. The highest BCUT2D eigenvalue weighted by Crippen LogP contribution is 2.18. The lowest BCUT2D eigenvalue weighted by Gasteiger charge is -2.15. The van der Waals surface area contributed by atoms with Gasteiger partial charge in [-0.25, -0.2) is 4.39 Å². The molecule has 0 aliphatic heterocycles. The second-order valence-corrected chi connectivity index (χ2v) is 4.21. The first kappa shape index (κ1) is 10.9. The highest BCUT2D eigenvalue weighted by Gasteiger charge is 2.13. The van der Waals surface area contributed by atoms with E-state index in [1.165, 1.54) is 12.1 Å². The normalized spacial score (nSPS) is 15.5. The molecule has 0 heterocycles. The number of aliphatic hydroxyl groups excluding tert-OH is 1. The Bertz CT molecular complexity index is 283. The molecule has 0 saturated heterocycles. The van der Waals surface area contributed by atoms with Crippen molar-refractivity contribution in [3.8, 4) is 0 Å². The monoisotopic (exact) mass is 295 g/mol. The van der Waals surface area contributed by atoms with Gasteiger partial charge in [-0.1, -0.05) is 0 Å². The molecular formula is C9H11FINO. The number of hydrogen-bond acceptors (Lipinski definition) is 2. The minimum absolute atomic E-state index is 0.321. The Labute approximate surface area is 90.1 Å². The molecule has 0 aliphatic rings. The maximum Gasteiger partial charge on any atom is 0.124 e. The third-order valence-corrected chi connectivity index (χ3v) is 2.41. The van der Waals surface area contributed by atoms with Gasteiger partial charge in [-0.3, -0.25) is 0 Å². The molecule has 4 heteroatoms. The molecule has 0 bridgehead atoms. The van der Waals surface area contributed by atoms with Crippen LogP contribution in [0.1, 0.15) is 18.5 Å². The Balaban J connectivity index is 3.01. The first-order valence-corrected chi connectivity index (χ1v) is 4.98. The lowest BCUT2D eigenvalue weighted by molar-refractivity contribution is 0.164. The van der Waals surface area contributed by atoms with E-state index in [4.69, 9.17) is 5.73 Å². The zero-order valence-electron chi connectivity index (χ0n) is 7.17. The van der Waals surface area contributed by atoms with Crippen molar-refractivity contribution >= 4 is 22.6 Å². The maximum atomic E-state index is 12.9. The van der Waals surface area contributed by atoms with Crippen molar-refractivity contribution < 1.29 is 9.50 Å². The van der Waals surface area contributed by atoms with E-state index in [0.29, 0.717) is 5.56 Å². The average Bonchev–Trinajstić information content (AvgIpc) is 2.01. The number of halogens is 2. The summed E-state index contributed by atoms with van der Waals surface area (Å²) in [6.45, 7) is 1.59. The number of aliphatic hydroxyl groups is 1. The van der Waals surface area contributed by atoms with E-state index in [0.717, 1.165) is 3.57 Å². The van der Waals surface area contributed by atoms with Gasteiger partial charge in [-0.05, 0) is 53.3 Å². The van der Waals surface area contributed by atoms with Crippen LogP contribution in [0.4, 0.5) is 4.39 Å². The Kier molecular flexibility index (Phi) is 3.63. The van der Waals surface area contributed by atoms with E-state index in [9.17, 15) is 9.50 Å². The smallest absolute Gasteiger partial charge is 0.124 e. The minimum Gasteiger partial charge on any atom is -0.391 e. The van der Waals surface area contributed by atoms with Crippen LogP contribution in [0.3, 0.4) is 0 Å². The van der Waals surface area contributed by atoms with Gasteiger partial charge >= 0.3 is 0 Å². The molecule has 3 N–H and O–H groups in total. The summed E-state index contributed by atoms with van der Waals surface area (Å²) in [5, 5.41) is 9.21. The summed E-state index contributed by atoms with van der Waals surface area (Å²) >= 11 is 2.01. The van der Waals surface area contributed by atoms with Gasteiger partial charge in [-0.2, -0.15) is 0 Å². The number of benzene rings is 1. The summed E-state index contributed by atoms with van der Waals surface area (Å²) in [7, 11) is 0. The van der Waals surface area contributed by atoms with E-state index >= 15 is 0 Å². The van der Waals surface area contributed by atoms with Gasteiger partial charge in [0, 0.05) is 3.57 Å². The molecule has 0 fully saturated rings. The van der Waals surface area contributed by atoms with Gasteiger partial charge in [-0.15, -0.1) is 0 Å². The summed E-state index contributed by atoms with van der Waals surface area (Å²) < 4.78 is 13.7. The van der Waals surface area contributed by atoms with E-state index in [1.54, 1.807) is 13.0 Å². The summed E-state index contributed by atoms with van der Waals surface area (Å²) in [4.78, 5) is 0. The SMILES string of the molecule is C[C@@H](O)[C@@H](N)c1cc(F)cc(I)c1. The fourth-order valence-corrected chi connectivity index (χ4v) is 1.70. The maximum absolute atomic E-state index is 12.9. The lowest BCUT2D eigenvalue weighted by atomic mass is 10.0. The second kappa shape index (κ2) is 4.34. The van der Waals surface area contributed by atoms with Crippen LogP contribution in [0.5, 0.6) is 0 Å². The highest BCUT2D eigenvalue weighted by molar-refractivity contribution is 14.1. The van der Waals surface area contributed by atoms with Crippen LogP contribution in [0.25, 0.3) is 0 Å². The van der Waals surface area contributed by atoms with E-state index in [1.807, 2.05) is 22.6 Å². The van der Waals surface area contributed by atoms with Crippen LogP contribution in [-0.4, -0.2) is 11.2 Å². The predicted octanol–water partition coefficient (Wildman–Crippen LogP) is 1.81. The van der Waals surface area contributed by atoms with Crippen molar-refractivity contribution in [1.29, 1.82) is 0 Å². The fourth-order valence-electron chi connectivity index (χ4n) is 1.05. The molecule has 2 atom stereocenters. The average molecular weight is 295 g/mol. The standard InChI is InChI=1S/C9H11FINO/c1-5(13)9(12)6-2-7(10)4-8(11)3-6/h2-5,9,13H,12H2,1H3/t5-,9-/m1/s1. The van der Waals surface area contributed by atoms with Crippen molar-refractivity contribution in [2.75, 3.05) is 0 Å². The van der Waals surface area contributed by atoms with Crippen LogP contribution >= 0.6 is 22.6 Å². The molecular weight excluding hydrogens is 284 g/mol. The zero-order chi connectivity index (χ0) is 10.0. The Morgan fingerprint density at radius 1 is 1.46 bits per heavy atom. The zero-order valence-corrected chi connectivity index (χ0v) is 9.32. The molecule has 0 radical (unpaired) electrons. The van der Waals surface area contributed by atoms with Crippen LogP contribution in [0, 0.1) is 9.39 Å². The molecule has 1 rings (SSSR count). The Hall–Kier alpha value is -0.200. The van der Waals surface area contributed by atoms with E-state index < -0.39 is 12.1 Å². The molecule has 0 unspecified atom stereocenters. The molecule has 1 aromatic rings. The number of rotatable bonds is 2. The van der Waals surface area contributed by atoms with Gasteiger partial charge in [0.05, 0.1) is 12.1 Å². The summed E-state index contributed by atoms with van der Waals surface area (Å²) in [5.41, 5.74) is 6.28. The lowest BCUT2D eigenvalue weighted by Crippen LogP contribution is -2.23. The largest absolute Gasteiger partial charge is 0.391 e. The van der Waals surface area contributed by atoms with Gasteiger partial charge < -0.3 is 10.8 Å². The minimum atomic E-state index is -0.669. The molecule has 0 amide bonds. The topological polar surface area (TPSA) is 46.2 Å². The molecule has 1 aromatic carbocycles. The molecule has 0 spiro atoms. The van der Waals surface area contributed by atoms with Gasteiger partial charge in [0.2, 0.25) is 0 Å². The van der Waals surface area contributed by atoms with Gasteiger partial charge in [0.15, 0.2) is 0 Å². The fraction of sp³-hybridized carbons (Fsp3) is 0.333. The van der Waals surface area contributed by atoms with E-state index in [2.05, 4.69) is 0 Å². The second-order valence-electron chi connectivity index (χ2n) is 2.97. The van der Waals surface area contributed by atoms with Crippen LogP contribution in [-0.2, 0) is 0 Å². The van der Waals surface area contributed by atoms with Crippen molar-refractivity contribution in [1.82, 2.24) is 0 Å². The predicted molar refractivity (Wildman–Crippen MR) is 57.7 cm³/mol. The Morgan fingerprint density at radius 3 is 2.54 bits per heavy atom. The van der Waals surface area contributed by atoms with Crippen molar-refractivity contribution in [3.05, 3.63) is 33.1 Å². The van der Waals surface area contributed by atoms with Crippen molar-refractivity contribution in [2.45, 2.75) is 19.1 Å². The van der Waals surface area contributed by atoms with Crippen LogP contribution in [0.2, 0.25) is 0 Å². The number of nitrogens with two attached hydrogens (primary N) is 1. The summed E-state index contributed by atoms with van der Waals surface area (Å²) in [6, 6.07) is 4.00. The third-order valence-electron chi connectivity index (χ3n) is 1.79. The molecule has 13 heavy (non-hydrogen) atoms. The molecule has 0 saturated carbocycles. The van der Waals surface area contributed by atoms with Crippen molar-refractivity contribution in [3.63, 3.8) is 0 Å². The van der Waals surface area contributed by atoms with E-state index in [-0.39, 0.29) is 5.82 Å². The summed E-state index contributed by atoms with van der Waals surface area (Å²) in [5.74, 6) is -0.321. The molecule has 0 aliphatic carbocycles. The van der Waals surface area contributed by atoms with Crippen LogP contribution < -0.4 is 5.73 Å². The highest BCUT2D eigenvalue weighted by atomic mass is 127. The van der Waals surface area contributed by atoms with Crippen molar-refractivity contribution in [2.24, 2.45) is 5.73 Å². The first-order valence-electron chi connectivity index (χ1n) is 3.90. The van der Waals surface area contributed by atoms with Gasteiger partial charge in [0.1, 0.15) is 5.82 Å². The van der Waals surface area contributed by atoms with Gasteiger partial charge in [0.25, 0.3) is 0 Å². The third kappa shape index (κ3) is 2.89. The summed E-state index contributed by atoms with van der Waals surface area (Å²) in [6.07, 6.45) is -0.669. The molecule has 2 nitrogen and oxygen atoms in total.